The van der Waals surface area contributed by atoms with E-state index in [1.54, 1.807) is 50.4 Å². The highest BCUT2D eigenvalue weighted by molar-refractivity contribution is 6.49. The molecule has 0 unspecified atom stereocenters. The lowest BCUT2D eigenvalue weighted by Gasteiger charge is -2.40. The number of rotatable bonds is 10. The van der Waals surface area contributed by atoms with Gasteiger partial charge in [-0.3, -0.25) is 19.8 Å². The third kappa shape index (κ3) is 7.53. The third-order valence-electron chi connectivity index (χ3n) is 7.38. The first-order valence-electron chi connectivity index (χ1n) is 13.2. The average molecular weight is 531 g/mol. The third-order valence-corrected chi connectivity index (χ3v) is 7.38. The van der Waals surface area contributed by atoms with E-state index in [1.165, 1.54) is 12.5 Å². The van der Waals surface area contributed by atoms with E-state index in [2.05, 4.69) is 5.43 Å². The molecule has 0 aliphatic heterocycles. The zero-order chi connectivity index (χ0) is 29.8. The first-order chi connectivity index (χ1) is 18.0. The SMILES string of the molecule is [B]C(C)(C)C(C)(C)O[B]c1cc(C(=O)N(NC(=O)c2cccc(OC)c2C)[C@H](CC)C(C)(C)C)ccc1C=O. The summed E-state index contributed by atoms with van der Waals surface area (Å²) in [6.45, 7) is 17.2. The van der Waals surface area contributed by atoms with Crippen LogP contribution in [0, 0.1) is 12.3 Å². The highest BCUT2D eigenvalue weighted by Gasteiger charge is 2.36. The van der Waals surface area contributed by atoms with Crippen LogP contribution in [-0.2, 0) is 4.65 Å². The molecule has 0 saturated heterocycles. The first kappa shape index (κ1) is 32.2. The maximum atomic E-state index is 14.0. The van der Waals surface area contributed by atoms with Gasteiger partial charge in [0.1, 0.15) is 12.0 Å². The molecule has 9 heteroatoms. The van der Waals surface area contributed by atoms with E-state index in [9.17, 15) is 14.4 Å². The van der Waals surface area contributed by atoms with E-state index >= 15 is 0 Å². The van der Waals surface area contributed by atoms with Crippen LogP contribution in [0.15, 0.2) is 36.4 Å². The van der Waals surface area contributed by atoms with Gasteiger partial charge in [0.25, 0.3) is 11.8 Å². The number of carbonyl (C=O) groups excluding carboxylic acids is 3. The van der Waals surface area contributed by atoms with Crippen LogP contribution >= 0.6 is 0 Å². The largest absolute Gasteiger partial charge is 0.496 e. The molecule has 1 atom stereocenters. The van der Waals surface area contributed by atoms with Gasteiger partial charge in [-0.15, -0.1) is 0 Å². The molecular formula is C30H41B2N2O5. The van der Waals surface area contributed by atoms with Crippen LogP contribution in [0.2, 0.25) is 5.31 Å². The number of benzene rings is 2. The molecule has 0 spiro atoms. The van der Waals surface area contributed by atoms with E-state index < -0.39 is 22.7 Å². The van der Waals surface area contributed by atoms with Gasteiger partial charge in [-0.2, -0.15) is 0 Å². The Kier molecular flexibility index (Phi) is 10.2. The van der Waals surface area contributed by atoms with E-state index in [-0.39, 0.29) is 11.5 Å². The van der Waals surface area contributed by atoms with Crippen LogP contribution in [-0.4, -0.2) is 57.2 Å². The van der Waals surface area contributed by atoms with E-state index in [4.69, 9.17) is 17.2 Å². The van der Waals surface area contributed by atoms with Gasteiger partial charge < -0.3 is 9.39 Å². The monoisotopic (exact) mass is 531 g/mol. The molecule has 0 saturated carbocycles. The summed E-state index contributed by atoms with van der Waals surface area (Å²) in [7, 11) is 9.26. The second-order valence-corrected chi connectivity index (χ2v) is 12.0. The summed E-state index contributed by atoms with van der Waals surface area (Å²) in [6, 6.07) is 9.62. The Labute approximate surface area is 235 Å². The Hall–Kier alpha value is -3.06. The lowest BCUT2D eigenvalue weighted by Crippen LogP contribution is -2.56. The molecule has 0 aromatic heterocycles. The summed E-state index contributed by atoms with van der Waals surface area (Å²) in [5.74, 6) is -0.248. The summed E-state index contributed by atoms with van der Waals surface area (Å²) in [4.78, 5) is 39.2. The van der Waals surface area contributed by atoms with Crippen LogP contribution in [0.3, 0.4) is 0 Å². The molecule has 0 heterocycles. The number of aldehydes is 1. The molecule has 7 nitrogen and oxygen atoms in total. The molecule has 0 bridgehead atoms. The predicted molar refractivity (Wildman–Crippen MR) is 157 cm³/mol. The van der Waals surface area contributed by atoms with Gasteiger partial charge in [-0.05, 0) is 61.6 Å². The van der Waals surface area contributed by atoms with Crippen LogP contribution in [0.25, 0.3) is 0 Å². The fourth-order valence-corrected chi connectivity index (χ4v) is 4.12. The standard InChI is InChI=1S/C30H41B2N2O5/c1-11-25(28(3,4)5)34(33-26(36)22-13-12-14-24(38-10)19(22)2)27(37)20-15-16-21(18-35)23(17-20)32-39-30(8,9)29(6,7)31/h12-18,25H,11H2,1-10H3,(H,33,36)/t25-/m1/s1. The highest BCUT2D eigenvalue weighted by Crippen LogP contribution is 2.36. The molecule has 2 amide bonds. The van der Waals surface area contributed by atoms with E-state index in [0.29, 0.717) is 46.2 Å². The van der Waals surface area contributed by atoms with Crippen molar-refractivity contribution in [2.75, 3.05) is 7.11 Å². The Morgan fingerprint density at radius 1 is 1.10 bits per heavy atom. The van der Waals surface area contributed by atoms with Crippen LogP contribution < -0.4 is 15.6 Å². The van der Waals surface area contributed by atoms with E-state index in [0.717, 1.165) is 0 Å². The quantitative estimate of drug-likeness (QED) is 0.270. The lowest BCUT2D eigenvalue weighted by atomic mass is 9.61. The summed E-state index contributed by atoms with van der Waals surface area (Å²) >= 11 is 0. The smallest absolute Gasteiger partial charge is 0.331 e. The predicted octanol–water partition coefficient (Wildman–Crippen LogP) is 4.83. The van der Waals surface area contributed by atoms with Crippen LogP contribution in [0.1, 0.15) is 98.4 Å². The fraction of sp³-hybridized carbons (Fsp3) is 0.500. The summed E-state index contributed by atoms with van der Waals surface area (Å²) in [5, 5.41) is 0.730. The second kappa shape index (κ2) is 12.4. The van der Waals surface area contributed by atoms with Crippen LogP contribution in [0.4, 0.5) is 0 Å². The normalized spacial score (nSPS) is 12.9. The number of carbonyl (C=O) groups is 3. The summed E-state index contributed by atoms with van der Waals surface area (Å²) < 4.78 is 11.4. The topological polar surface area (TPSA) is 84.9 Å². The Morgan fingerprint density at radius 3 is 2.26 bits per heavy atom. The lowest BCUT2D eigenvalue weighted by molar-refractivity contribution is 0.0284. The van der Waals surface area contributed by atoms with Crippen molar-refractivity contribution in [1.82, 2.24) is 10.4 Å². The minimum atomic E-state index is -0.749. The van der Waals surface area contributed by atoms with Gasteiger partial charge in [0.15, 0.2) is 0 Å². The zero-order valence-electron chi connectivity index (χ0n) is 25.0. The number of hydrazine groups is 1. The summed E-state index contributed by atoms with van der Waals surface area (Å²) in [5.41, 5.74) is 3.94. The molecule has 2 aromatic rings. The minimum Gasteiger partial charge on any atom is -0.496 e. The van der Waals surface area contributed by atoms with Gasteiger partial charge in [-0.25, -0.2) is 5.01 Å². The number of hydrogen-bond donors (Lipinski definition) is 1. The Balaban J connectivity index is 2.51. The molecule has 1 N–H and O–H groups in total. The molecular weight excluding hydrogens is 490 g/mol. The minimum absolute atomic E-state index is 0.297. The Bertz CT molecular complexity index is 1200. The molecule has 0 aliphatic rings. The van der Waals surface area contributed by atoms with Crippen LogP contribution in [0.5, 0.6) is 5.75 Å². The van der Waals surface area contributed by atoms with Gasteiger partial charge in [0, 0.05) is 27.9 Å². The molecule has 2 rings (SSSR count). The molecule has 0 aliphatic carbocycles. The molecule has 3 radical (unpaired) electrons. The number of methoxy groups -OCH3 is 1. The van der Waals surface area contributed by atoms with Crippen molar-refractivity contribution in [3.8, 4) is 5.75 Å². The van der Waals surface area contributed by atoms with Gasteiger partial charge in [0.2, 0.25) is 0 Å². The van der Waals surface area contributed by atoms with E-state index in [1.807, 2.05) is 55.4 Å². The highest BCUT2D eigenvalue weighted by atomic mass is 16.5. The van der Waals surface area contributed by atoms with Crippen molar-refractivity contribution in [3.63, 3.8) is 0 Å². The van der Waals surface area contributed by atoms with Crippen molar-refractivity contribution in [1.29, 1.82) is 0 Å². The number of amides is 2. The first-order valence-corrected chi connectivity index (χ1v) is 13.2. The van der Waals surface area contributed by atoms with Crippen molar-refractivity contribution >= 4 is 38.9 Å². The number of nitrogens with zero attached hydrogens (tertiary/aromatic N) is 1. The molecule has 39 heavy (non-hydrogen) atoms. The number of hydrogen-bond acceptors (Lipinski definition) is 5. The molecule has 0 fully saturated rings. The van der Waals surface area contributed by atoms with Gasteiger partial charge in [0.05, 0.1) is 21.0 Å². The Morgan fingerprint density at radius 2 is 1.74 bits per heavy atom. The maximum Gasteiger partial charge on any atom is 0.331 e. The van der Waals surface area contributed by atoms with Crippen molar-refractivity contribution in [2.24, 2.45) is 5.41 Å². The van der Waals surface area contributed by atoms with Crippen molar-refractivity contribution in [3.05, 3.63) is 58.7 Å². The average Bonchev–Trinajstić information content (AvgIpc) is 2.85. The van der Waals surface area contributed by atoms with Crippen molar-refractivity contribution < 1.29 is 23.8 Å². The summed E-state index contributed by atoms with van der Waals surface area (Å²) in [6.07, 6.45) is 1.31. The van der Waals surface area contributed by atoms with Gasteiger partial charge >= 0.3 is 7.48 Å². The fourth-order valence-electron chi connectivity index (χ4n) is 4.12. The molecule has 207 valence electrons. The number of nitrogens with one attached hydrogen (secondary N) is 1. The van der Waals surface area contributed by atoms with Crippen molar-refractivity contribution in [2.45, 2.75) is 85.7 Å². The second-order valence-electron chi connectivity index (χ2n) is 12.0. The zero-order valence-corrected chi connectivity index (χ0v) is 25.0. The number of ether oxygens (including phenoxy) is 1. The molecule has 2 aromatic carbocycles. The van der Waals surface area contributed by atoms with Gasteiger partial charge in [-0.1, -0.05) is 59.7 Å². The maximum absolute atomic E-state index is 14.0.